The number of nitrogens with one attached hydrogen (secondary N) is 2. The molecule has 0 rings (SSSR count). The fourth-order valence-electron chi connectivity index (χ4n) is 1.44. The van der Waals surface area contributed by atoms with Gasteiger partial charge in [-0.2, -0.15) is 0 Å². The van der Waals surface area contributed by atoms with Gasteiger partial charge in [0.1, 0.15) is 6.04 Å². The second-order valence-corrected chi connectivity index (χ2v) is 4.14. The number of primary amides is 1. The highest BCUT2D eigenvalue weighted by Gasteiger charge is 2.29. The van der Waals surface area contributed by atoms with Crippen molar-refractivity contribution >= 4 is 17.9 Å². The molecule has 0 saturated carbocycles. The van der Waals surface area contributed by atoms with E-state index in [1.165, 1.54) is 0 Å². The zero-order chi connectivity index (χ0) is 15.0. The largest absolute Gasteiger partial charge is 0.467 e. The average molecular weight is 275 g/mol. The van der Waals surface area contributed by atoms with Crippen LogP contribution in [0.15, 0.2) is 0 Å². The molecule has 0 aromatic rings. The number of esters is 1. The van der Waals surface area contributed by atoms with E-state index >= 15 is 0 Å². The van der Waals surface area contributed by atoms with Gasteiger partial charge in [0.25, 0.3) is 0 Å². The molecule has 0 aliphatic rings. The van der Waals surface area contributed by atoms with Crippen LogP contribution in [0.4, 0.5) is 4.79 Å². The molecule has 0 aromatic heterocycles. The van der Waals surface area contributed by atoms with Crippen LogP contribution in [0.25, 0.3) is 0 Å². The van der Waals surface area contributed by atoms with Crippen LogP contribution in [0.1, 0.15) is 20.3 Å². The number of hydrogen-bond acceptors (Lipinski definition) is 5. The van der Waals surface area contributed by atoms with Gasteiger partial charge in [0.15, 0.2) is 6.04 Å². The molecule has 0 radical (unpaired) electrons. The smallest absolute Gasteiger partial charge is 0.330 e. The Morgan fingerprint density at radius 2 is 1.89 bits per heavy atom. The zero-order valence-electron chi connectivity index (χ0n) is 11.3. The quantitative estimate of drug-likeness (QED) is 0.430. The van der Waals surface area contributed by atoms with Gasteiger partial charge in [-0.05, 0) is 5.92 Å². The van der Waals surface area contributed by atoms with Crippen LogP contribution in [-0.2, 0) is 14.3 Å². The summed E-state index contributed by atoms with van der Waals surface area (Å²) >= 11 is 0. The van der Waals surface area contributed by atoms with Gasteiger partial charge in [0, 0.05) is 0 Å². The molecule has 110 valence electrons. The lowest BCUT2D eigenvalue weighted by molar-refractivity contribution is -0.146. The Morgan fingerprint density at radius 1 is 1.32 bits per heavy atom. The molecule has 3 amide bonds. The van der Waals surface area contributed by atoms with E-state index < -0.39 is 36.6 Å². The SMILES string of the molecule is CCC(C)C(NC(N)=O)C(=O)NC(CO)C(=O)OC. The fourth-order valence-corrected chi connectivity index (χ4v) is 1.44. The molecular weight excluding hydrogens is 254 g/mol. The average Bonchev–Trinajstić information content (AvgIpc) is 2.39. The summed E-state index contributed by atoms with van der Waals surface area (Å²) in [6.07, 6.45) is 0.625. The van der Waals surface area contributed by atoms with Gasteiger partial charge < -0.3 is 26.2 Å². The minimum absolute atomic E-state index is 0.176. The van der Waals surface area contributed by atoms with Gasteiger partial charge in [0.2, 0.25) is 5.91 Å². The fraction of sp³-hybridized carbons (Fsp3) is 0.727. The van der Waals surface area contributed by atoms with E-state index in [0.717, 1.165) is 7.11 Å². The van der Waals surface area contributed by atoms with Crippen molar-refractivity contribution in [3.05, 3.63) is 0 Å². The summed E-state index contributed by atoms with van der Waals surface area (Å²) < 4.78 is 4.43. The molecule has 0 fully saturated rings. The van der Waals surface area contributed by atoms with Crippen LogP contribution >= 0.6 is 0 Å². The molecule has 0 spiro atoms. The lowest BCUT2D eigenvalue weighted by atomic mass is 9.98. The summed E-state index contributed by atoms with van der Waals surface area (Å²) in [6.45, 7) is 3.01. The van der Waals surface area contributed by atoms with Crippen molar-refractivity contribution in [3.63, 3.8) is 0 Å². The van der Waals surface area contributed by atoms with E-state index in [0.29, 0.717) is 6.42 Å². The minimum atomic E-state index is -1.17. The molecule has 19 heavy (non-hydrogen) atoms. The van der Waals surface area contributed by atoms with Crippen LogP contribution in [0.3, 0.4) is 0 Å². The standard InChI is InChI=1S/C11H21N3O5/c1-4-6(2)8(14-11(12)18)9(16)13-7(5-15)10(17)19-3/h6-8,15H,4-5H2,1-3H3,(H,13,16)(H3,12,14,18). The number of aliphatic hydroxyl groups excluding tert-OH is 1. The minimum Gasteiger partial charge on any atom is -0.467 e. The van der Waals surface area contributed by atoms with Gasteiger partial charge >= 0.3 is 12.0 Å². The second kappa shape index (κ2) is 8.30. The molecule has 3 atom stereocenters. The first kappa shape index (κ1) is 17.2. The summed E-state index contributed by atoms with van der Waals surface area (Å²) in [6, 6.07) is -2.88. The Balaban J connectivity index is 4.79. The molecule has 8 heteroatoms. The van der Waals surface area contributed by atoms with Crippen molar-refractivity contribution in [1.29, 1.82) is 0 Å². The molecule has 0 aliphatic heterocycles. The third kappa shape index (κ3) is 5.56. The van der Waals surface area contributed by atoms with Gasteiger partial charge in [-0.1, -0.05) is 20.3 Å². The maximum absolute atomic E-state index is 12.0. The van der Waals surface area contributed by atoms with Crippen molar-refractivity contribution in [2.24, 2.45) is 11.7 Å². The molecule has 3 unspecified atom stereocenters. The number of aliphatic hydroxyl groups is 1. The number of carbonyl (C=O) groups excluding carboxylic acids is 3. The number of ether oxygens (including phenoxy) is 1. The van der Waals surface area contributed by atoms with E-state index in [1.54, 1.807) is 6.92 Å². The van der Waals surface area contributed by atoms with Crippen molar-refractivity contribution in [2.75, 3.05) is 13.7 Å². The second-order valence-electron chi connectivity index (χ2n) is 4.14. The van der Waals surface area contributed by atoms with E-state index in [-0.39, 0.29) is 5.92 Å². The summed E-state index contributed by atoms with van der Waals surface area (Å²) in [4.78, 5) is 34.1. The van der Waals surface area contributed by atoms with Crippen LogP contribution in [0, 0.1) is 5.92 Å². The van der Waals surface area contributed by atoms with Crippen molar-refractivity contribution in [3.8, 4) is 0 Å². The molecule has 0 heterocycles. The van der Waals surface area contributed by atoms with Crippen molar-refractivity contribution < 1.29 is 24.2 Å². The summed E-state index contributed by atoms with van der Waals surface area (Å²) in [5.74, 6) is -1.54. The number of carbonyl (C=O) groups is 3. The number of rotatable bonds is 7. The maximum Gasteiger partial charge on any atom is 0.330 e. The number of urea groups is 1. The third-order valence-electron chi connectivity index (χ3n) is 2.78. The van der Waals surface area contributed by atoms with E-state index in [2.05, 4.69) is 15.4 Å². The molecule has 0 bridgehead atoms. The predicted octanol–water partition coefficient (Wildman–Crippen LogP) is -1.28. The lowest BCUT2D eigenvalue weighted by Gasteiger charge is -2.24. The normalized spacial score (nSPS) is 14.9. The highest BCUT2D eigenvalue weighted by molar-refractivity contribution is 5.90. The molecule has 0 aromatic carbocycles. The van der Waals surface area contributed by atoms with Crippen LogP contribution < -0.4 is 16.4 Å². The Bertz CT molecular complexity index is 334. The van der Waals surface area contributed by atoms with E-state index in [1.807, 2.05) is 6.92 Å². The summed E-state index contributed by atoms with van der Waals surface area (Å²) in [5.41, 5.74) is 5.00. The first-order chi connectivity index (χ1) is 8.87. The van der Waals surface area contributed by atoms with Crippen molar-refractivity contribution in [2.45, 2.75) is 32.4 Å². The maximum atomic E-state index is 12.0. The van der Waals surface area contributed by atoms with Crippen LogP contribution in [-0.4, -0.2) is 48.8 Å². The topological polar surface area (TPSA) is 131 Å². The highest BCUT2D eigenvalue weighted by Crippen LogP contribution is 2.08. The zero-order valence-corrected chi connectivity index (χ0v) is 11.3. The van der Waals surface area contributed by atoms with Gasteiger partial charge in [0.05, 0.1) is 13.7 Å². The number of methoxy groups -OCH3 is 1. The molecule has 8 nitrogen and oxygen atoms in total. The van der Waals surface area contributed by atoms with Gasteiger partial charge in [-0.25, -0.2) is 9.59 Å². The Labute approximate surface area is 111 Å². The molecule has 0 saturated heterocycles. The summed E-state index contributed by atoms with van der Waals surface area (Å²) in [7, 11) is 1.14. The highest BCUT2D eigenvalue weighted by atomic mass is 16.5. The van der Waals surface area contributed by atoms with Crippen molar-refractivity contribution in [1.82, 2.24) is 10.6 Å². The lowest BCUT2D eigenvalue weighted by Crippen LogP contribution is -2.56. The first-order valence-electron chi connectivity index (χ1n) is 5.92. The van der Waals surface area contributed by atoms with Gasteiger partial charge in [-0.3, -0.25) is 4.79 Å². The predicted molar refractivity (Wildman–Crippen MR) is 67.0 cm³/mol. The van der Waals surface area contributed by atoms with Crippen LogP contribution in [0.2, 0.25) is 0 Å². The van der Waals surface area contributed by atoms with E-state index in [4.69, 9.17) is 10.8 Å². The summed E-state index contributed by atoms with van der Waals surface area (Å²) in [5, 5.41) is 13.6. The first-order valence-corrected chi connectivity index (χ1v) is 5.92. The monoisotopic (exact) mass is 275 g/mol. The Hall–Kier alpha value is -1.83. The Kier molecular flexibility index (Phi) is 7.50. The third-order valence-corrected chi connectivity index (χ3v) is 2.78. The molecule has 5 N–H and O–H groups in total. The van der Waals surface area contributed by atoms with E-state index in [9.17, 15) is 14.4 Å². The van der Waals surface area contributed by atoms with Crippen LogP contribution in [0.5, 0.6) is 0 Å². The molecule has 0 aliphatic carbocycles. The Morgan fingerprint density at radius 3 is 2.26 bits per heavy atom. The molecular formula is C11H21N3O5. The van der Waals surface area contributed by atoms with Gasteiger partial charge in [-0.15, -0.1) is 0 Å². The number of hydrogen-bond donors (Lipinski definition) is 4. The number of amides is 3. The number of nitrogens with two attached hydrogens (primary N) is 1.